The summed E-state index contributed by atoms with van der Waals surface area (Å²) in [6.07, 6.45) is 13.0. The van der Waals surface area contributed by atoms with Gasteiger partial charge in [0.25, 0.3) is 0 Å². The Morgan fingerprint density at radius 3 is 2.84 bits per heavy atom. The van der Waals surface area contributed by atoms with Crippen molar-refractivity contribution in [1.29, 1.82) is 0 Å². The van der Waals surface area contributed by atoms with Gasteiger partial charge in [-0.2, -0.15) is 0 Å². The molecular formula is C16H27NO2. The van der Waals surface area contributed by atoms with Gasteiger partial charge in [0.15, 0.2) is 0 Å². The van der Waals surface area contributed by atoms with Crippen LogP contribution >= 0.6 is 0 Å². The van der Waals surface area contributed by atoms with Crippen molar-refractivity contribution in [3.8, 4) is 0 Å². The first-order valence-electron chi connectivity index (χ1n) is 7.71. The normalized spacial score (nSPS) is 22.6. The molecule has 0 aliphatic heterocycles. The highest BCUT2D eigenvalue weighted by Gasteiger charge is 2.17. The zero-order valence-corrected chi connectivity index (χ0v) is 11.8. The van der Waals surface area contributed by atoms with Gasteiger partial charge in [0.1, 0.15) is 5.76 Å². The molecule has 2 rings (SSSR count). The van der Waals surface area contributed by atoms with E-state index in [1.807, 2.05) is 6.08 Å². The van der Waals surface area contributed by atoms with Crippen LogP contribution in [0.25, 0.3) is 0 Å². The van der Waals surface area contributed by atoms with E-state index in [0.29, 0.717) is 13.0 Å². The monoisotopic (exact) mass is 265 g/mol. The molecule has 0 amide bonds. The third-order valence-electron chi connectivity index (χ3n) is 4.18. The standard InChI is InChI=1S/C16H27NO2/c17-10-9-16(18)14-7-4-8-15(11-14)19-12-13-5-2-1-3-6-13/h8,11,13,16,18H,1-7,9-10,12,17H2/t16-/m0/s1. The molecule has 1 atom stereocenters. The lowest BCUT2D eigenvalue weighted by atomic mass is 9.90. The van der Waals surface area contributed by atoms with Gasteiger partial charge in [0, 0.05) is 0 Å². The highest BCUT2D eigenvalue weighted by Crippen LogP contribution is 2.26. The molecular weight excluding hydrogens is 238 g/mol. The third kappa shape index (κ3) is 4.66. The summed E-state index contributed by atoms with van der Waals surface area (Å²) in [5, 5.41) is 9.98. The van der Waals surface area contributed by atoms with Crippen LogP contribution in [0, 0.1) is 5.92 Å². The maximum absolute atomic E-state index is 9.98. The first kappa shape index (κ1) is 14.6. The van der Waals surface area contributed by atoms with Gasteiger partial charge in [0.2, 0.25) is 0 Å². The molecule has 0 radical (unpaired) electrons. The summed E-state index contributed by atoms with van der Waals surface area (Å²) in [6, 6.07) is 0. The van der Waals surface area contributed by atoms with E-state index < -0.39 is 6.10 Å². The quantitative estimate of drug-likeness (QED) is 0.776. The van der Waals surface area contributed by atoms with Gasteiger partial charge in [-0.25, -0.2) is 0 Å². The molecule has 0 aromatic carbocycles. The number of nitrogens with two attached hydrogens (primary N) is 1. The van der Waals surface area contributed by atoms with Crippen molar-refractivity contribution in [2.45, 2.75) is 57.5 Å². The SMILES string of the molecule is NCC[C@H](O)C1=CC(OCC2CCCCC2)=CCC1. The van der Waals surface area contributed by atoms with Gasteiger partial charge in [-0.15, -0.1) is 0 Å². The van der Waals surface area contributed by atoms with Crippen molar-refractivity contribution in [3.63, 3.8) is 0 Å². The molecule has 1 fully saturated rings. The molecule has 0 aromatic rings. The molecule has 0 aromatic heterocycles. The van der Waals surface area contributed by atoms with Crippen LogP contribution in [-0.4, -0.2) is 24.4 Å². The van der Waals surface area contributed by atoms with Gasteiger partial charge in [-0.1, -0.05) is 19.3 Å². The van der Waals surface area contributed by atoms with Crippen molar-refractivity contribution < 1.29 is 9.84 Å². The summed E-state index contributed by atoms with van der Waals surface area (Å²) in [5.74, 6) is 1.67. The average molecular weight is 265 g/mol. The van der Waals surface area contributed by atoms with E-state index in [9.17, 15) is 5.11 Å². The average Bonchev–Trinajstić information content (AvgIpc) is 2.47. The summed E-state index contributed by atoms with van der Waals surface area (Å²) >= 11 is 0. The predicted octanol–water partition coefficient (Wildman–Crippen LogP) is 2.90. The molecule has 1 saturated carbocycles. The van der Waals surface area contributed by atoms with E-state index in [2.05, 4.69) is 6.08 Å². The highest BCUT2D eigenvalue weighted by atomic mass is 16.5. The smallest absolute Gasteiger partial charge is 0.115 e. The van der Waals surface area contributed by atoms with Crippen LogP contribution in [0.3, 0.4) is 0 Å². The van der Waals surface area contributed by atoms with Crippen LogP contribution in [0.2, 0.25) is 0 Å². The van der Waals surface area contributed by atoms with Crippen LogP contribution in [0.5, 0.6) is 0 Å². The molecule has 0 heterocycles. The second-order valence-corrected chi connectivity index (χ2v) is 5.77. The first-order chi connectivity index (χ1) is 9.29. The van der Waals surface area contributed by atoms with Gasteiger partial charge in [0.05, 0.1) is 12.7 Å². The number of hydrogen-bond acceptors (Lipinski definition) is 3. The molecule has 0 bridgehead atoms. The molecule has 19 heavy (non-hydrogen) atoms. The maximum atomic E-state index is 9.98. The highest BCUT2D eigenvalue weighted by molar-refractivity contribution is 5.26. The predicted molar refractivity (Wildman–Crippen MR) is 77.6 cm³/mol. The second kappa shape index (κ2) is 7.71. The molecule has 0 unspecified atom stereocenters. The molecule has 108 valence electrons. The fourth-order valence-corrected chi connectivity index (χ4v) is 2.97. The Kier molecular flexibility index (Phi) is 5.93. The Labute approximate surface area is 116 Å². The summed E-state index contributed by atoms with van der Waals surface area (Å²) < 4.78 is 5.92. The van der Waals surface area contributed by atoms with Crippen LogP contribution in [-0.2, 0) is 4.74 Å². The van der Waals surface area contributed by atoms with Crippen LogP contribution < -0.4 is 5.73 Å². The Hall–Kier alpha value is -0.800. The van der Waals surface area contributed by atoms with Gasteiger partial charge in [-0.05, 0) is 62.3 Å². The zero-order valence-electron chi connectivity index (χ0n) is 11.8. The minimum absolute atomic E-state index is 0.396. The van der Waals surface area contributed by atoms with E-state index >= 15 is 0 Å². The van der Waals surface area contributed by atoms with Crippen molar-refractivity contribution in [2.24, 2.45) is 11.7 Å². The Bertz CT molecular complexity index is 330. The number of allylic oxidation sites excluding steroid dienone is 2. The van der Waals surface area contributed by atoms with Crippen LogP contribution in [0.1, 0.15) is 51.4 Å². The lowest BCUT2D eigenvalue weighted by Crippen LogP contribution is -2.18. The topological polar surface area (TPSA) is 55.5 Å². The summed E-state index contributed by atoms with van der Waals surface area (Å²) in [5.41, 5.74) is 6.57. The van der Waals surface area contributed by atoms with Gasteiger partial charge in [-0.3, -0.25) is 0 Å². The van der Waals surface area contributed by atoms with Crippen molar-refractivity contribution >= 4 is 0 Å². The number of rotatable bonds is 6. The molecule has 0 spiro atoms. The Balaban J connectivity index is 1.80. The second-order valence-electron chi connectivity index (χ2n) is 5.77. The fraction of sp³-hybridized carbons (Fsp3) is 0.750. The number of aliphatic hydroxyl groups excluding tert-OH is 1. The van der Waals surface area contributed by atoms with E-state index in [4.69, 9.17) is 10.5 Å². The molecule has 0 saturated heterocycles. The fourth-order valence-electron chi connectivity index (χ4n) is 2.97. The summed E-state index contributed by atoms with van der Waals surface area (Å²) in [4.78, 5) is 0. The number of aliphatic hydroxyl groups is 1. The molecule has 3 nitrogen and oxygen atoms in total. The van der Waals surface area contributed by atoms with Crippen molar-refractivity contribution in [1.82, 2.24) is 0 Å². The Morgan fingerprint density at radius 2 is 2.11 bits per heavy atom. The van der Waals surface area contributed by atoms with E-state index in [-0.39, 0.29) is 0 Å². The molecule has 2 aliphatic rings. The minimum Gasteiger partial charge on any atom is -0.494 e. The minimum atomic E-state index is -0.396. The van der Waals surface area contributed by atoms with Gasteiger partial charge < -0.3 is 15.6 Å². The molecule has 3 heteroatoms. The van der Waals surface area contributed by atoms with E-state index in [1.54, 1.807) is 0 Å². The summed E-state index contributed by atoms with van der Waals surface area (Å²) in [6.45, 7) is 1.36. The lowest BCUT2D eigenvalue weighted by molar-refractivity contribution is 0.146. The molecule has 2 aliphatic carbocycles. The maximum Gasteiger partial charge on any atom is 0.115 e. The van der Waals surface area contributed by atoms with Crippen molar-refractivity contribution in [2.75, 3.05) is 13.2 Å². The zero-order chi connectivity index (χ0) is 13.5. The van der Waals surface area contributed by atoms with Crippen molar-refractivity contribution in [3.05, 3.63) is 23.5 Å². The first-order valence-corrected chi connectivity index (χ1v) is 7.71. The number of hydrogen-bond donors (Lipinski definition) is 2. The number of ether oxygens (including phenoxy) is 1. The molecule has 3 N–H and O–H groups in total. The van der Waals surface area contributed by atoms with Crippen LogP contribution in [0.4, 0.5) is 0 Å². The van der Waals surface area contributed by atoms with Crippen LogP contribution in [0.15, 0.2) is 23.5 Å². The van der Waals surface area contributed by atoms with E-state index in [0.717, 1.165) is 36.7 Å². The third-order valence-corrected chi connectivity index (χ3v) is 4.18. The summed E-state index contributed by atoms with van der Waals surface area (Å²) in [7, 11) is 0. The Morgan fingerprint density at radius 1 is 1.32 bits per heavy atom. The van der Waals surface area contributed by atoms with E-state index in [1.165, 1.54) is 32.1 Å². The van der Waals surface area contributed by atoms with Gasteiger partial charge >= 0.3 is 0 Å². The largest absolute Gasteiger partial charge is 0.494 e. The lowest BCUT2D eigenvalue weighted by Gasteiger charge is -2.24.